The van der Waals surface area contributed by atoms with Crippen molar-refractivity contribution in [1.82, 2.24) is 15.8 Å². The molecule has 0 aliphatic carbocycles. The Morgan fingerprint density at radius 1 is 1.16 bits per heavy atom. The summed E-state index contributed by atoms with van der Waals surface area (Å²) < 4.78 is 25.7. The normalized spacial score (nSPS) is 22.7. The summed E-state index contributed by atoms with van der Waals surface area (Å²) in [5.41, 5.74) is 10.3. The molecule has 0 radical (unpaired) electrons. The summed E-state index contributed by atoms with van der Waals surface area (Å²) >= 11 is 0. The molecule has 2 aliphatic rings. The second-order valence-electron chi connectivity index (χ2n) is 9.01. The zero-order valence-electron chi connectivity index (χ0n) is 18.9. The zero-order valence-corrected chi connectivity index (χ0v) is 19.7. The molecule has 2 aromatic carbocycles. The van der Waals surface area contributed by atoms with E-state index >= 15 is 0 Å². The molecule has 4 rings (SSSR count). The molecule has 3 atom stereocenters. The lowest BCUT2D eigenvalue weighted by Gasteiger charge is -2.22. The molecule has 0 spiro atoms. The third-order valence-corrected chi connectivity index (χ3v) is 7.68. The van der Waals surface area contributed by atoms with Gasteiger partial charge in [0.2, 0.25) is 10.0 Å². The van der Waals surface area contributed by atoms with Crippen LogP contribution in [0.3, 0.4) is 0 Å². The summed E-state index contributed by atoms with van der Waals surface area (Å²) in [6.07, 6.45) is 4.77. The molecule has 172 valence electrons. The molecule has 32 heavy (non-hydrogen) atoms. The number of nitrogens with zero attached hydrogens (tertiary/aromatic N) is 2. The highest BCUT2D eigenvalue weighted by molar-refractivity contribution is 7.92. The Balaban J connectivity index is 1.30. The highest BCUT2D eigenvalue weighted by Crippen LogP contribution is 2.35. The van der Waals surface area contributed by atoms with Gasteiger partial charge in [-0.1, -0.05) is 30.3 Å². The molecule has 1 saturated heterocycles. The Morgan fingerprint density at radius 3 is 2.62 bits per heavy atom. The average molecular weight is 457 g/mol. The van der Waals surface area contributed by atoms with Gasteiger partial charge in [-0.15, -0.1) is 0 Å². The van der Waals surface area contributed by atoms with E-state index in [1.807, 2.05) is 26.1 Å². The van der Waals surface area contributed by atoms with Crippen molar-refractivity contribution in [3.8, 4) is 0 Å². The van der Waals surface area contributed by atoms with Gasteiger partial charge in [-0.05, 0) is 61.9 Å². The standard InChI is InChI=1S/C24H32N4O3S/c1-17-14-20-15-19(11-12-23(20)28(17)32(3,30)31)24(29)27(2)13-7-10-21-16-22(26-25-21)18-8-5-4-6-9-18/h4-6,8-9,11-12,15,17,21-22,25-26H,7,10,13-14,16H2,1-3H3. The van der Waals surface area contributed by atoms with Crippen molar-refractivity contribution in [3.63, 3.8) is 0 Å². The number of hydrogen-bond donors (Lipinski definition) is 2. The van der Waals surface area contributed by atoms with Gasteiger partial charge in [0.1, 0.15) is 0 Å². The maximum atomic E-state index is 12.9. The summed E-state index contributed by atoms with van der Waals surface area (Å²) in [6.45, 7) is 2.57. The fourth-order valence-corrected chi connectivity index (χ4v) is 6.12. The number of nitrogens with one attached hydrogen (secondary N) is 2. The summed E-state index contributed by atoms with van der Waals surface area (Å²) in [7, 11) is -1.50. The molecule has 0 saturated carbocycles. The number of anilines is 1. The Kier molecular flexibility index (Phi) is 6.55. The molecule has 2 heterocycles. The number of carbonyl (C=O) groups excluding carboxylic acids is 1. The van der Waals surface area contributed by atoms with E-state index in [9.17, 15) is 13.2 Å². The Morgan fingerprint density at radius 2 is 1.91 bits per heavy atom. The number of rotatable bonds is 7. The number of hydrogen-bond acceptors (Lipinski definition) is 5. The smallest absolute Gasteiger partial charge is 0.253 e. The van der Waals surface area contributed by atoms with Crippen molar-refractivity contribution < 1.29 is 13.2 Å². The van der Waals surface area contributed by atoms with Crippen LogP contribution in [0, 0.1) is 0 Å². The molecule has 0 bridgehead atoms. The van der Waals surface area contributed by atoms with Crippen LogP contribution in [0.2, 0.25) is 0 Å². The summed E-state index contributed by atoms with van der Waals surface area (Å²) in [6, 6.07) is 16.3. The number of hydrazine groups is 1. The molecule has 1 amide bonds. The minimum atomic E-state index is -3.33. The van der Waals surface area contributed by atoms with Gasteiger partial charge in [-0.3, -0.25) is 20.0 Å². The Labute approximate surface area is 190 Å². The van der Waals surface area contributed by atoms with Crippen LogP contribution < -0.4 is 15.2 Å². The van der Waals surface area contributed by atoms with Crippen molar-refractivity contribution >= 4 is 21.6 Å². The van der Waals surface area contributed by atoms with Gasteiger partial charge < -0.3 is 4.90 Å². The van der Waals surface area contributed by atoms with Gasteiger partial charge >= 0.3 is 0 Å². The van der Waals surface area contributed by atoms with Crippen LogP contribution in [0.1, 0.15) is 53.7 Å². The van der Waals surface area contributed by atoms with E-state index in [-0.39, 0.29) is 11.9 Å². The topological polar surface area (TPSA) is 81.8 Å². The van der Waals surface area contributed by atoms with Crippen LogP contribution in [-0.2, 0) is 16.4 Å². The van der Waals surface area contributed by atoms with Gasteiger partial charge in [-0.25, -0.2) is 8.42 Å². The minimum Gasteiger partial charge on any atom is -0.342 e. The van der Waals surface area contributed by atoms with E-state index in [1.165, 1.54) is 16.1 Å². The third kappa shape index (κ3) is 4.82. The first-order chi connectivity index (χ1) is 15.2. The zero-order chi connectivity index (χ0) is 22.9. The summed E-state index contributed by atoms with van der Waals surface area (Å²) in [5, 5.41) is 0. The monoisotopic (exact) mass is 456 g/mol. The quantitative estimate of drug-likeness (QED) is 0.670. The number of benzene rings is 2. The van der Waals surface area contributed by atoms with E-state index in [2.05, 4.69) is 35.1 Å². The van der Waals surface area contributed by atoms with Crippen molar-refractivity contribution in [3.05, 3.63) is 65.2 Å². The third-order valence-electron chi connectivity index (χ3n) is 6.41. The molecular formula is C24H32N4O3S. The van der Waals surface area contributed by atoms with Crippen molar-refractivity contribution in [2.75, 3.05) is 24.2 Å². The Hall–Kier alpha value is -2.42. The van der Waals surface area contributed by atoms with Crippen LogP contribution in [-0.4, -0.2) is 51.2 Å². The second kappa shape index (κ2) is 9.21. The van der Waals surface area contributed by atoms with Gasteiger partial charge in [0.15, 0.2) is 0 Å². The molecular weight excluding hydrogens is 424 g/mol. The first kappa shape index (κ1) is 22.8. The highest BCUT2D eigenvalue weighted by atomic mass is 32.2. The van der Waals surface area contributed by atoms with E-state index in [0.717, 1.165) is 24.8 Å². The van der Waals surface area contributed by atoms with Crippen LogP contribution in [0.4, 0.5) is 5.69 Å². The maximum absolute atomic E-state index is 12.9. The fraction of sp³-hybridized carbons (Fsp3) is 0.458. The molecule has 2 aliphatic heterocycles. The largest absolute Gasteiger partial charge is 0.342 e. The average Bonchev–Trinajstić information content (AvgIpc) is 3.36. The van der Waals surface area contributed by atoms with Crippen molar-refractivity contribution in [1.29, 1.82) is 0 Å². The van der Waals surface area contributed by atoms with Gasteiger partial charge in [0, 0.05) is 37.3 Å². The van der Waals surface area contributed by atoms with E-state index < -0.39 is 10.0 Å². The molecule has 3 unspecified atom stereocenters. The maximum Gasteiger partial charge on any atom is 0.253 e. The first-order valence-electron chi connectivity index (χ1n) is 11.2. The van der Waals surface area contributed by atoms with Crippen LogP contribution in [0.5, 0.6) is 0 Å². The predicted octanol–water partition coefficient (Wildman–Crippen LogP) is 2.86. The number of sulfonamides is 1. The molecule has 8 heteroatoms. The second-order valence-corrected chi connectivity index (χ2v) is 10.9. The Bertz CT molecular complexity index is 1070. The van der Waals surface area contributed by atoms with Crippen LogP contribution in [0.15, 0.2) is 48.5 Å². The fourth-order valence-electron chi connectivity index (χ4n) is 4.85. The number of fused-ring (bicyclic) bond motifs is 1. The highest BCUT2D eigenvalue weighted by Gasteiger charge is 2.33. The minimum absolute atomic E-state index is 0.0297. The van der Waals surface area contributed by atoms with Gasteiger partial charge in [-0.2, -0.15) is 0 Å². The van der Waals surface area contributed by atoms with Crippen LogP contribution in [0.25, 0.3) is 0 Å². The van der Waals surface area contributed by atoms with Gasteiger partial charge in [0.25, 0.3) is 5.91 Å². The van der Waals surface area contributed by atoms with Gasteiger partial charge in [0.05, 0.1) is 11.9 Å². The molecule has 2 aromatic rings. The molecule has 7 nitrogen and oxygen atoms in total. The lowest BCUT2D eigenvalue weighted by molar-refractivity contribution is 0.0791. The van der Waals surface area contributed by atoms with E-state index in [4.69, 9.17) is 0 Å². The molecule has 0 aromatic heterocycles. The molecule has 2 N–H and O–H groups in total. The summed E-state index contributed by atoms with van der Waals surface area (Å²) in [4.78, 5) is 14.7. The van der Waals surface area contributed by atoms with Crippen molar-refractivity contribution in [2.24, 2.45) is 0 Å². The molecule has 1 fully saturated rings. The van der Waals surface area contributed by atoms with E-state index in [1.54, 1.807) is 17.0 Å². The predicted molar refractivity (Wildman–Crippen MR) is 127 cm³/mol. The van der Waals surface area contributed by atoms with Crippen LogP contribution >= 0.6 is 0 Å². The SMILES string of the molecule is CC1Cc2cc(C(=O)N(C)CCCC3CC(c4ccccc4)NN3)ccc2N1S(C)(=O)=O. The van der Waals surface area contributed by atoms with E-state index in [0.29, 0.717) is 36.3 Å². The number of amides is 1. The summed E-state index contributed by atoms with van der Waals surface area (Å²) in [5.74, 6) is -0.0297. The van der Waals surface area contributed by atoms with Crippen molar-refractivity contribution in [2.45, 2.75) is 50.7 Å². The first-order valence-corrected chi connectivity index (χ1v) is 13.0. The number of carbonyl (C=O) groups is 1. The lowest BCUT2D eigenvalue weighted by atomic mass is 10.00. The lowest BCUT2D eigenvalue weighted by Crippen LogP contribution is -2.34.